The molecule has 0 amide bonds. The Bertz CT molecular complexity index is 726. The molecule has 0 aromatic carbocycles. The first-order valence-electron chi connectivity index (χ1n) is 6.15. The number of fused-ring (bicyclic) bond motifs is 1. The van der Waals surface area contributed by atoms with Crippen molar-refractivity contribution < 1.29 is 4.79 Å². The molecule has 5 heteroatoms. The molecule has 3 aromatic rings. The first-order chi connectivity index (χ1) is 9.29. The van der Waals surface area contributed by atoms with Crippen molar-refractivity contribution in [2.75, 3.05) is 0 Å². The monoisotopic (exact) mass is 254 g/mol. The number of pyridine rings is 1. The second kappa shape index (κ2) is 4.68. The van der Waals surface area contributed by atoms with Crippen molar-refractivity contribution in [3.05, 3.63) is 48.3 Å². The number of aldehydes is 1. The lowest BCUT2D eigenvalue weighted by Gasteiger charge is -2.04. The summed E-state index contributed by atoms with van der Waals surface area (Å²) in [5, 5.41) is 0.900. The van der Waals surface area contributed by atoms with E-state index in [0.29, 0.717) is 5.56 Å². The molecule has 0 saturated carbocycles. The second-order valence-corrected chi connectivity index (χ2v) is 4.47. The largest absolute Gasteiger partial charge is 0.338 e. The SMILES string of the molecule is Cn1ccnc1CCn1cc(C=O)c2cccnc21. The zero-order chi connectivity index (χ0) is 13.2. The zero-order valence-electron chi connectivity index (χ0n) is 10.7. The van der Waals surface area contributed by atoms with Crippen LogP contribution in [-0.4, -0.2) is 25.4 Å². The quantitative estimate of drug-likeness (QED) is 0.667. The van der Waals surface area contributed by atoms with Crippen molar-refractivity contribution in [1.29, 1.82) is 0 Å². The van der Waals surface area contributed by atoms with Crippen LogP contribution in [0.15, 0.2) is 36.9 Å². The van der Waals surface area contributed by atoms with Crippen LogP contribution in [0.5, 0.6) is 0 Å². The van der Waals surface area contributed by atoms with Gasteiger partial charge in [-0.05, 0) is 12.1 Å². The average molecular weight is 254 g/mol. The number of imidazole rings is 1. The highest BCUT2D eigenvalue weighted by atomic mass is 16.1. The molecule has 0 saturated heterocycles. The molecule has 5 nitrogen and oxygen atoms in total. The van der Waals surface area contributed by atoms with Crippen molar-refractivity contribution in [3.8, 4) is 0 Å². The highest BCUT2D eigenvalue weighted by molar-refractivity contribution is 5.95. The predicted octanol–water partition coefficient (Wildman–Crippen LogP) is 1.82. The van der Waals surface area contributed by atoms with E-state index in [9.17, 15) is 4.79 Å². The van der Waals surface area contributed by atoms with E-state index in [1.54, 1.807) is 12.4 Å². The van der Waals surface area contributed by atoms with E-state index < -0.39 is 0 Å². The third-order valence-electron chi connectivity index (χ3n) is 3.29. The van der Waals surface area contributed by atoms with Crippen molar-refractivity contribution in [1.82, 2.24) is 19.1 Å². The van der Waals surface area contributed by atoms with Crippen LogP contribution in [0.1, 0.15) is 16.2 Å². The van der Waals surface area contributed by atoms with Gasteiger partial charge in [0, 0.05) is 55.8 Å². The Morgan fingerprint density at radius 3 is 2.95 bits per heavy atom. The summed E-state index contributed by atoms with van der Waals surface area (Å²) >= 11 is 0. The Labute approximate surface area is 110 Å². The van der Waals surface area contributed by atoms with E-state index in [0.717, 1.165) is 36.1 Å². The van der Waals surface area contributed by atoms with Gasteiger partial charge >= 0.3 is 0 Å². The van der Waals surface area contributed by atoms with Crippen molar-refractivity contribution in [2.24, 2.45) is 7.05 Å². The lowest BCUT2D eigenvalue weighted by molar-refractivity contribution is 0.112. The maximum absolute atomic E-state index is 11.1. The van der Waals surface area contributed by atoms with E-state index in [-0.39, 0.29) is 0 Å². The average Bonchev–Trinajstić information content (AvgIpc) is 3.00. The van der Waals surface area contributed by atoms with Gasteiger partial charge in [0.05, 0.1) is 0 Å². The van der Waals surface area contributed by atoms with Crippen LogP contribution in [0, 0.1) is 0 Å². The molecule has 0 aliphatic heterocycles. The van der Waals surface area contributed by atoms with Gasteiger partial charge in [-0.1, -0.05) is 0 Å². The second-order valence-electron chi connectivity index (χ2n) is 4.47. The molecule has 0 spiro atoms. The molecule has 3 aromatic heterocycles. The van der Waals surface area contributed by atoms with Gasteiger partial charge in [-0.15, -0.1) is 0 Å². The molecule has 0 N–H and O–H groups in total. The standard InChI is InChI=1S/C14H14N4O/c1-17-8-6-15-13(17)4-7-18-9-11(10-19)12-3-2-5-16-14(12)18/h2-3,5-6,8-10H,4,7H2,1H3. The van der Waals surface area contributed by atoms with Crippen molar-refractivity contribution in [3.63, 3.8) is 0 Å². The van der Waals surface area contributed by atoms with Gasteiger partial charge in [0.15, 0.2) is 6.29 Å². The number of carbonyl (C=O) groups is 1. The summed E-state index contributed by atoms with van der Waals surface area (Å²) in [6.45, 7) is 0.756. The molecule has 0 unspecified atom stereocenters. The van der Waals surface area contributed by atoms with E-state index in [1.807, 2.05) is 40.7 Å². The normalized spacial score (nSPS) is 11.0. The highest BCUT2D eigenvalue weighted by Gasteiger charge is 2.09. The van der Waals surface area contributed by atoms with E-state index in [4.69, 9.17) is 0 Å². The number of aryl methyl sites for hydroxylation is 3. The molecular weight excluding hydrogens is 240 g/mol. The summed E-state index contributed by atoms with van der Waals surface area (Å²) in [4.78, 5) is 19.7. The Balaban J connectivity index is 1.93. The van der Waals surface area contributed by atoms with Crippen LogP contribution < -0.4 is 0 Å². The molecule has 0 atom stereocenters. The smallest absolute Gasteiger partial charge is 0.152 e. The van der Waals surface area contributed by atoms with Crippen LogP contribution in [-0.2, 0) is 20.0 Å². The Morgan fingerprint density at radius 2 is 2.21 bits per heavy atom. The van der Waals surface area contributed by atoms with Crippen LogP contribution >= 0.6 is 0 Å². The molecule has 96 valence electrons. The topological polar surface area (TPSA) is 52.7 Å². The lowest BCUT2D eigenvalue weighted by Crippen LogP contribution is -2.05. The molecule has 0 fully saturated rings. The molecule has 0 radical (unpaired) electrons. The first kappa shape index (κ1) is 11.6. The predicted molar refractivity (Wildman–Crippen MR) is 72.0 cm³/mol. The van der Waals surface area contributed by atoms with Gasteiger partial charge in [0.2, 0.25) is 0 Å². The summed E-state index contributed by atoms with van der Waals surface area (Å²) in [6.07, 6.45) is 9.00. The van der Waals surface area contributed by atoms with Crippen molar-refractivity contribution in [2.45, 2.75) is 13.0 Å². The Kier molecular flexibility index (Phi) is 2.87. The van der Waals surface area contributed by atoms with E-state index >= 15 is 0 Å². The molecule has 0 aliphatic rings. The number of hydrogen-bond acceptors (Lipinski definition) is 3. The number of aromatic nitrogens is 4. The fourth-order valence-corrected chi connectivity index (χ4v) is 2.27. The molecule has 19 heavy (non-hydrogen) atoms. The lowest BCUT2D eigenvalue weighted by atomic mass is 10.2. The van der Waals surface area contributed by atoms with Gasteiger partial charge in [-0.2, -0.15) is 0 Å². The summed E-state index contributed by atoms with van der Waals surface area (Å²) in [6, 6.07) is 3.77. The van der Waals surface area contributed by atoms with Gasteiger partial charge in [0.25, 0.3) is 0 Å². The molecular formula is C14H14N4O. The summed E-state index contributed by atoms with van der Waals surface area (Å²) in [5.74, 6) is 1.02. The highest BCUT2D eigenvalue weighted by Crippen LogP contribution is 2.18. The Morgan fingerprint density at radius 1 is 1.32 bits per heavy atom. The third kappa shape index (κ3) is 2.03. The fourth-order valence-electron chi connectivity index (χ4n) is 2.27. The van der Waals surface area contributed by atoms with Crippen LogP contribution in [0.4, 0.5) is 0 Å². The number of rotatable bonds is 4. The minimum Gasteiger partial charge on any atom is -0.338 e. The molecule has 0 aliphatic carbocycles. The van der Waals surface area contributed by atoms with E-state index in [1.165, 1.54) is 0 Å². The van der Waals surface area contributed by atoms with Crippen LogP contribution in [0.25, 0.3) is 11.0 Å². The van der Waals surface area contributed by atoms with Crippen LogP contribution in [0.2, 0.25) is 0 Å². The summed E-state index contributed by atoms with van der Waals surface area (Å²) in [7, 11) is 1.98. The molecule has 3 heterocycles. The minimum absolute atomic E-state index is 0.683. The third-order valence-corrected chi connectivity index (χ3v) is 3.29. The number of hydrogen-bond donors (Lipinski definition) is 0. The fraction of sp³-hybridized carbons (Fsp3) is 0.214. The van der Waals surface area contributed by atoms with Gasteiger partial charge in [-0.25, -0.2) is 9.97 Å². The summed E-state index contributed by atoms with van der Waals surface area (Å²) < 4.78 is 4.01. The molecule has 0 bridgehead atoms. The number of nitrogens with zero attached hydrogens (tertiary/aromatic N) is 4. The van der Waals surface area contributed by atoms with Gasteiger partial charge in [-0.3, -0.25) is 4.79 Å². The summed E-state index contributed by atoms with van der Waals surface area (Å²) in [5.41, 5.74) is 1.53. The van der Waals surface area contributed by atoms with E-state index in [2.05, 4.69) is 9.97 Å². The van der Waals surface area contributed by atoms with Gasteiger partial charge < -0.3 is 9.13 Å². The zero-order valence-corrected chi connectivity index (χ0v) is 10.7. The maximum Gasteiger partial charge on any atom is 0.152 e. The van der Waals surface area contributed by atoms with Gasteiger partial charge in [0.1, 0.15) is 11.5 Å². The minimum atomic E-state index is 0.683. The van der Waals surface area contributed by atoms with Crippen molar-refractivity contribution >= 4 is 17.3 Å². The Hall–Kier alpha value is -2.43. The maximum atomic E-state index is 11.1. The number of carbonyl (C=O) groups excluding carboxylic acids is 1. The van der Waals surface area contributed by atoms with Crippen LogP contribution in [0.3, 0.4) is 0 Å². The molecule has 3 rings (SSSR count). The first-order valence-corrected chi connectivity index (χ1v) is 6.15.